The van der Waals surface area contributed by atoms with Gasteiger partial charge in [-0.2, -0.15) is 13.8 Å². The van der Waals surface area contributed by atoms with Gasteiger partial charge in [0, 0.05) is 25.7 Å². The molecule has 55 heavy (non-hydrogen) atoms. The van der Waals surface area contributed by atoms with Gasteiger partial charge in [-0.3, -0.25) is 13.9 Å². The van der Waals surface area contributed by atoms with Gasteiger partial charge < -0.3 is 30.2 Å². The van der Waals surface area contributed by atoms with E-state index in [0.29, 0.717) is 11.0 Å². The van der Waals surface area contributed by atoms with Crippen LogP contribution in [0.4, 0.5) is 14.6 Å². The fourth-order valence-corrected chi connectivity index (χ4v) is 6.38. The van der Waals surface area contributed by atoms with Crippen LogP contribution in [0, 0.1) is 0 Å². The Morgan fingerprint density at radius 2 is 1.60 bits per heavy atom. The molecule has 13 nitrogen and oxygen atoms in total. The molecule has 2 aromatic rings. The molecule has 0 radical (unpaired) electrons. The van der Waals surface area contributed by atoms with Gasteiger partial charge in [-0.25, -0.2) is 14.4 Å². The van der Waals surface area contributed by atoms with Gasteiger partial charge in [0.15, 0.2) is 6.10 Å². The Kier molecular flexibility index (Phi) is 20.5. The lowest BCUT2D eigenvalue weighted by atomic mass is 10.1. The number of nitrogen functional groups attached to an aromatic ring is 1. The first-order valence-corrected chi connectivity index (χ1v) is 20.0. The van der Waals surface area contributed by atoms with Crippen LogP contribution in [0.5, 0.6) is 5.75 Å². The zero-order valence-corrected chi connectivity index (χ0v) is 32.1. The number of amides is 1. The van der Waals surface area contributed by atoms with Crippen LogP contribution in [-0.2, 0) is 23.4 Å². The summed E-state index contributed by atoms with van der Waals surface area (Å²) in [5.41, 5.74) is 4.34. The van der Waals surface area contributed by atoms with Crippen molar-refractivity contribution in [2.75, 3.05) is 38.6 Å². The number of aliphatic hydroxyl groups excluding tert-OH is 1. The molecule has 0 saturated carbocycles. The van der Waals surface area contributed by atoms with Crippen LogP contribution in [0.3, 0.4) is 0 Å². The molecule has 1 aliphatic rings. The van der Waals surface area contributed by atoms with Gasteiger partial charge in [0.25, 0.3) is 0 Å². The van der Waals surface area contributed by atoms with E-state index in [9.17, 15) is 28.0 Å². The maximum Gasteiger partial charge on any atom is 0.458 e. The summed E-state index contributed by atoms with van der Waals surface area (Å²) in [6.07, 6.45) is 22.7. The summed E-state index contributed by atoms with van der Waals surface area (Å²) in [5, 5.41) is 15.8. The van der Waals surface area contributed by atoms with Crippen molar-refractivity contribution in [3.63, 3.8) is 0 Å². The summed E-state index contributed by atoms with van der Waals surface area (Å²) in [6, 6.07) is 9.15. The largest absolute Gasteiger partial charge is 0.458 e. The molecule has 5 N–H and O–H groups in total. The van der Waals surface area contributed by atoms with Gasteiger partial charge in [-0.05, 0) is 63.1 Å². The molecule has 302 valence electrons. The zero-order chi connectivity index (χ0) is 39.8. The molecule has 1 fully saturated rings. The van der Waals surface area contributed by atoms with Crippen LogP contribution < -0.4 is 26.4 Å². The van der Waals surface area contributed by atoms with E-state index in [0.717, 1.165) is 57.2 Å². The Morgan fingerprint density at radius 3 is 2.24 bits per heavy atom. The minimum atomic E-state index is -4.23. The van der Waals surface area contributed by atoms with Crippen molar-refractivity contribution in [2.45, 2.75) is 82.6 Å². The molecule has 1 aromatic carbocycles. The number of hydrogen-bond acceptors (Lipinski definition) is 10. The normalized spacial score (nSPS) is 19.7. The average Bonchev–Trinajstić information content (AvgIpc) is 3.38. The minimum absolute atomic E-state index is 0.0370. The number of para-hydroxylation sites is 1. The van der Waals surface area contributed by atoms with Crippen LogP contribution >= 0.6 is 7.75 Å². The van der Waals surface area contributed by atoms with E-state index in [1.54, 1.807) is 18.2 Å². The number of rotatable bonds is 26. The van der Waals surface area contributed by atoms with E-state index < -0.39 is 44.4 Å². The monoisotopic (exact) mass is 789 g/mol. The van der Waals surface area contributed by atoms with Crippen molar-refractivity contribution in [1.29, 1.82) is 0 Å². The molecular formula is C39H54F2N5O8P. The van der Waals surface area contributed by atoms with Crippen LogP contribution in [-0.4, -0.2) is 71.6 Å². The van der Waals surface area contributed by atoms with Crippen LogP contribution in [0.1, 0.15) is 64.5 Å². The van der Waals surface area contributed by atoms with Gasteiger partial charge in [0.2, 0.25) is 12.1 Å². The van der Waals surface area contributed by atoms with Gasteiger partial charge >= 0.3 is 19.4 Å². The number of ether oxygens (including phenoxy) is 2. The number of carbonyl (C=O) groups is 1. The van der Waals surface area contributed by atoms with Gasteiger partial charge in [0.05, 0.1) is 19.8 Å². The molecule has 2 heterocycles. The van der Waals surface area contributed by atoms with Crippen LogP contribution in [0.2, 0.25) is 0 Å². The summed E-state index contributed by atoms with van der Waals surface area (Å²) in [4.78, 5) is 27.8. The second-order valence-electron chi connectivity index (χ2n) is 12.4. The number of halogens is 2. The average molecular weight is 790 g/mol. The Bertz CT molecular complexity index is 1690. The zero-order valence-electron chi connectivity index (χ0n) is 31.2. The molecule has 3 rings (SSSR count). The fraction of sp³-hybridized carbons (Fsp3) is 0.462. The minimum Gasteiger partial charge on any atom is -0.413 e. The number of allylic oxidation sites excluding steroid dienone is 10. The summed E-state index contributed by atoms with van der Waals surface area (Å²) < 4.78 is 65.9. The molecule has 1 unspecified atom stereocenters. The van der Waals surface area contributed by atoms with Crippen molar-refractivity contribution in [3.8, 4) is 5.75 Å². The molecule has 1 amide bonds. The van der Waals surface area contributed by atoms with Crippen LogP contribution in [0.15, 0.2) is 108 Å². The highest BCUT2D eigenvalue weighted by Gasteiger charge is 2.60. The molecular weight excluding hydrogens is 735 g/mol. The van der Waals surface area contributed by atoms with Crippen molar-refractivity contribution < 1.29 is 41.8 Å². The van der Waals surface area contributed by atoms with Gasteiger partial charge in [0.1, 0.15) is 17.7 Å². The Labute approximate surface area is 321 Å². The lowest BCUT2D eigenvalue weighted by molar-refractivity contribution is -0.140. The summed E-state index contributed by atoms with van der Waals surface area (Å²) >= 11 is 0. The highest BCUT2D eigenvalue weighted by Crippen LogP contribution is 2.47. The fourth-order valence-electron chi connectivity index (χ4n) is 5.06. The summed E-state index contributed by atoms with van der Waals surface area (Å²) in [7, 11) is -4.23. The number of alkyl halides is 2. The number of anilines is 1. The first-order valence-electron chi connectivity index (χ1n) is 18.5. The summed E-state index contributed by atoms with van der Waals surface area (Å²) in [5.74, 6) is -4.03. The predicted molar refractivity (Wildman–Crippen MR) is 209 cm³/mol. The molecule has 0 bridgehead atoms. The van der Waals surface area contributed by atoms with Gasteiger partial charge in [-0.15, -0.1) is 0 Å². The number of carbonyl (C=O) groups excluding carboxylic acids is 1. The third-order valence-electron chi connectivity index (χ3n) is 7.91. The molecule has 1 aliphatic heterocycles. The van der Waals surface area contributed by atoms with E-state index in [4.69, 9.17) is 24.3 Å². The number of nitrogens with two attached hydrogens (primary N) is 1. The Hall–Kier alpha value is -4.24. The smallest absolute Gasteiger partial charge is 0.413 e. The summed E-state index contributed by atoms with van der Waals surface area (Å²) in [6.45, 7) is 1.81. The van der Waals surface area contributed by atoms with Crippen molar-refractivity contribution in [2.24, 2.45) is 0 Å². The number of benzene rings is 1. The predicted octanol–water partition coefficient (Wildman–Crippen LogP) is 6.57. The number of nitrogens with one attached hydrogen (secondary N) is 2. The van der Waals surface area contributed by atoms with E-state index in [1.165, 1.54) is 12.1 Å². The van der Waals surface area contributed by atoms with Crippen LogP contribution in [0.25, 0.3) is 0 Å². The lowest BCUT2D eigenvalue weighted by Gasteiger charge is -2.22. The standard InChI is InChI=1S/C39H54F2N5O8P/c1-2-3-4-5-6-7-8-9-10-11-12-13-14-15-16-17-21-24-35(47)43-26-29-51-30-27-44-55(50,54-32-22-19-18-20-23-32)52-31-33-36(48)39(40,41)37(53-33)46-28-25-34(42)45-38(46)49/h3-4,6-7,9-10,12-13,15-16,18-20,22-23,25,28,33,36-37,48H,2,5,8,11,14,17,21,24,26-27,29-31H2,1H3,(H,43,47)(H,44,50)(H2,42,45,49)/b4-3-,7-6-,10-9-,13-12-,16-15-/t33-,36-,37-,55?/m1/s1. The van der Waals surface area contributed by atoms with E-state index in [1.807, 2.05) is 0 Å². The third kappa shape index (κ3) is 17.0. The molecule has 1 saturated heterocycles. The Morgan fingerprint density at radius 1 is 0.982 bits per heavy atom. The quantitative estimate of drug-likeness (QED) is 0.0461. The maximum atomic E-state index is 15.0. The number of hydrogen-bond donors (Lipinski definition) is 4. The van der Waals surface area contributed by atoms with Crippen molar-refractivity contribution in [1.82, 2.24) is 20.0 Å². The SMILES string of the molecule is CC/C=C\C/C=C\C/C=C\C/C=C\C/C=C\CCCC(=O)NCCOCCNP(=O)(OC[C@H]1O[C@@H](n2ccc(N)nc2=O)C(F)(F)[C@@H]1O)Oc1ccccc1. The molecule has 1 aromatic heterocycles. The van der Waals surface area contributed by atoms with Crippen molar-refractivity contribution >= 4 is 19.5 Å². The Balaban J connectivity index is 1.31. The third-order valence-corrected chi connectivity index (χ3v) is 9.46. The van der Waals surface area contributed by atoms with E-state index >= 15 is 0 Å². The lowest BCUT2D eigenvalue weighted by Crippen LogP contribution is -2.42. The highest BCUT2D eigenvalue weighted by molar-refractivity contribution is 7.52. The van der Waals surface area contributed by atoms with E-state index in [-0.39, 0.29) is 43.8 Å². The molecule has 4 atom stereocenters. The second kappa shape index (κ2) is 25.0. The topological polar surface area (TPSA) is 176 Å². The number of aliphatic hydroxyl groups is 1. The first kappa shape index (κ1) is 45.2. The first-order chi connectivity index (χ1) is 26.6. The van der Waals surface area contributed by atoms with E-state index in [2.05, 4.69) is 83.1 Å². The maximum absolute atomic E-state index is 15.0. The van der Waals surface area contributed by atoms with Gasteiger partial charge in [-0.1, -0.05) is 85.9 Å². The molecule has 0 spiro atoms. The number of unbranched alkanes of at least 4 members (excludes halogenated alkanes) is 1. The molecule has 0 aliphatic carbocycles. The highest BCUT2D eigenvalue weighted by atomic mass is 31.2. The second-order valence-corrected chi connectivity index (χ2v) is 14.1. The van der Waals surface area contributed by atoms with Crippen molar-refractivity contribution in [3.05, 3.63) is 114 Å². The number of aromatic nitrogens is 2. The number of nitrogens with zero attached hydrogens (tertiary/aromatic N) is 2. The molecule has 16 heteroatoms.